The summed E-state index contributed by atoms with van der Waals surface area (Å²) in [7, 11) is -0.601. The molecule has 3 heteroatoms. The highest BCUT2D eigenvalue weighted by Crippen LogP contribution is 2.33. The maximum absolute atomic E-state index is 12.2. The van der Waals surface area contributed by atoms with Gasteiger partial charge in [0.15, 0.2) is 0 Å². The van der Waals surface area contributed by atoms with Crippen molar-refractivity contribution < 1.29 is 9.13 Å². The highest BCUT2D eigenvalue weighted by molar-refractivity contribution is 7.79. The molecule has 0 aliphatic carbocycles. The van der Waals surface area contributed by atoms with Gasteiger partial charge in [-0.15, -0.1) is 0 Å². The van der Waals surface area contributed by atoms with E-state index >= 15 is 0 Å². The third-order valence-corrected chi connectivity index (χ3v) is 5.91. The van der Waals surface area contributed by atoms with Gasteiger partial charge >= 0.3 is 0 Å². The van der Waals surface area contributed by atoms with Crippen molar-refractivity contribution in [2.45, 2.75) is 0 Å². The molecule has 0 unspecified atom stereocenters. The van der Waals surface area contributed by atoms with E-state index in [0.29, 0.717) is 5.75 Å². The average molecular weight is 324 g/mol. The number of hydrogen-bond donors (Lipinski definition) is 0. The lowest BCUT2D eigenvalue weighted by Crippen LogP contribution is -2.20. The summed E-state index contributed by atoms with van der Waals surface area (Å²) in [6, 6.07) is 29.1. The van der Waals surface area contributed by atoms with Crippen LogP contribution in [0.2, 0.25) is 0 Å². The Labute approximate surface area is 137 Å². The maximum atomic E-state index is 12.2. The summed E-state index contributed by atoms with van der Waals surface area (Å²) >= 11 is 0. The van der Waals surface area contributed by atoms with Crippen molar-refractivity contribution in [3.63, 3.8) is 0 Å². The first-order chi connectivity index (χ1) is 11.4. The van der Waals surface area contributed by atoms with E-state index in [0.717, 1.165) is 0 Å². The van der Waals surface area contributed by atoms with E-state index in [1.165, 1.54) is 15.9 Å². The molecule has 3 aromatic rings. The molecule has 0 aromatic heterocycles. The fourth-order valence-corrected chi connectivity index (χ4v) is 4.73. The number of rotatable bonds is 6. The highest BCUT2D eigenvalue weighted by atomic mass is 31.1. The van der Waals surface area contributed by atoms with Crippen molar-refractivity contribution in [1.29, 1.82) is 0 Å². The van der Waals surface area contributed by atoms with Crippen LogP contribution in [0.1, 0.15) is 0 Å². The van der Waals surface area contributed by atoms with Crippen LogP contribution in [0.25, 0.3) is 0 Å². The van der Waals surface area contributed by atoms with E-state index < -0.39 is 14.6 Å². The second kappa shape index (κ2) is 7.89. The van der Waals surface area contributed by atoms with E-state index in [9.17, 15) is 4.39 Å². The zero-order valence-electron chi connectivity index (χ0n) is 12.7. The Morgan fingerprint density at radius 3 is 1.61 bits per heavy atom. The fourth-order valence-electron chi connectivity index (χ4n) is 2.45. The number of ether oxygens (including phenoxy) is 1. The molecule has 116 valence electrons. The van der Waals surface area contributed by atoms with Crippen LogP contribution in [0.15, 0.2) is 84.9 Å². The standard InChI is InChI=1S/C20H18FOP/c21-15-16-22-17-11-13-20(14-12-17)23(18-7-3-1-4-8-18)19-9-5-2-6-10-19/h1-14H,15-16H2. The van der Waals surface area contributed by atoms with E-state index in [1.54, 1.807) is 0 Å². The fraction of sp³-hybridized carbons (Fsp3) is 0.100. The Morgan fingerprint density at radius 1 is 0.652 bits per heavy atom. The lowest BCUT2D eigenvalue weighted by atomic mass is 10.3. The number of hydrogen-bond acceptors (Lipinski definition) is 1. The van der Waals surface area contributed by atoms with Gasteiger partial charge in [-0.3, -0.25) is 0 Å². The first-order valence-electron chi connectivity index (χ1n) is 7.57. The molecular weight excluding hydrogens is 306 g/mol. The van der Waals surface area contributed by atoms with Crippen molar-refractivity contribution in [2.75, 3.05) is 13.3 Å². The molecule has 0 aliphatic heterocycles. The minimum absolute atomic E-state index is 0.103. The second-order valence-corrected chi connectivity index (χ2v) is 7.26. The van der Waals surface area contributed by atoms with Crippen molar-refractivity contribution >= 4 is 23.8 Å². The second-order valence-electron chi connectivity index (χ2n) is 5.04. The molecule has 0 amide bonds. The molecule has 0 saturated heterocycles. The summed E-state index contributed by atoms with van der Waals surface area (Å²) in [6.07, 6.45) is 0. The number of halogens is 1. The Balaban J connectivity index is 1.96. The Kier molecular flexibility index (Phi) is 5.39. The van der Waals surface area contributed by atoms with Crippen LogP contribution in [0.4, 0.5) is 4.39 Å². The smallest absolute Gasteiger partial charge is 0.123 e. The van der Waals surface area contributed by atoms with Gasteiger partial charge in [-0.2, -0.15) is 0 Å². The molecule has 0 heterocycles. The molecule has 3 aromatic carbocycles. The normalized spacial score (nSPS) is 10.7. The topological polar surface area (TPSA) is 9.23 Å². The maximum Gasteiger partial charge on any atom is 0.123 e. The van der Waals surface area contributed by atoms with Crippen LogP contribution in [0, 0.1) is 0 Å². The Bertz CT molecular complexity index is 674. The quantitative estimate of drug-likeness (QED) is 0.627. The predicted octanol–water partition coefficient (Wildman–Crippen LogP) is 3.79. The molecule has 0 N–H and O–H groups in total. The molecule has 0 aliphatic rings. The van der Waals surface area contributed by atoms with Gasteiger partial charge in [-0.05, 0) is 36.0 Å². The van der Waals surface area contributed by atoms with Crippen molar-refractivity contribution in [1.82, 2.24) is 0 Å². The molecule has 0 radical (unpaired) electrons. The summed E-state index contributed by atoms with van der Waals surface area (Å²) in [4.78, 5) is 0. The summed E-state index contributed by atoms with van der Waals surface area (Å²) < 4.78 is 17.5. The minimum atomic E-state index is -0.601. The molecule has 0 atom stereocenters. The summed E-state index contributed by atoms with van der Waals surface area (Å²) in [6.45, 7) is -0.367. The van der Waals surface area contributed by atoms with Crippen LogP contribution < -0.4 is 20.7 Å². The van der Waals surface area contributed by atoms with Gasteiger partial charge in [0.2, 0.25) is 0 Å². The summed E-state index contributed by atoms with van der Waals surface area (Å²) in [5, 5.41) is 3.88. The van der Waals surface area contributed by atoms with Gasteiger partial charge in [0.1, 0.15) is 19.0 Å². The third-order valence-electron chi connectivity index (χ3n) is 3.47. The molecule has 0 fully saturated rings. The van der Waals surface area contributed by atoms with Gasteiger partial charge in [0, 0.05) is 0 Å². The zero-order chi connectivity index (χ0) is 15.9. The summed E-state index contributed by atoms with van der Waals surface area (Å²) in [5.74, 6) is 0.711. The molecule has 23 heavy (non-hydrogen) atoms. The van der Waals surface area contributed by atoms with Crippen molar-refractivity contribution in [3.8, 4) is 5.75 Å². The molecule has 0 spiro atoms. The lowest BCUT2D eigenvalue weighted by Gasteiger charge is -2.19. The molecule has 0 bridgehead atoms. The van der Waals surface area contributed by atoms with E-state index in [-0.39, 0.29) is 6.61 Å². The van der Waals surface area contributed by atoms with Crippen LogP contribution in [0.5, 0.6) is 5.75 Å². The van der Waals surface area contributed by atoms with Crippen LogP contribution in [0.3, 0.4) is 0 Å². The van der Waals surface area contributed by atoms with E-state index in [1.807, 2.05) is 24.3 Å². The van der Waals surface area contributed by atoms with E-state index in [2.05, 4.69) is 60.7 Å². The van der Waals surface area contributed by atoms with Gasteiger partial charge in [0.05, 0.1) is 0 Å². The van der Waals surface area contributed by atoms with E-state index in [4.69, 9.17) is 4.74 Å². The predicted molar refractivity (Wildman–Crippen MR) is 96.6 cm³/mol. The van der Waals surface area contributed by atoms with Crippen molar-refractivity contribution in [2.24, 2.45) is 0 Å². The van der Waals surface area contributed by atoms with Gasteiger partial charge in [-0.25, -0.2) is 4.39 Å². The molecule has 3 rings (SSSR count). The number of alkyl halides is 1. The zero-order valence-corrected chi connectivity index (χ0v) is 13.6. The monoisotopic (exact) mass is 324 g/mol. The van der Waals surface area contributed by atoms with Gasteiger partial charge < -0.3 is 4.74 Å². The highest BCUT2D eigenvalue weighted by Gasteiger charge is 2.15. The minimum Gasteiger partial charge on any atom is -0.491 e. The van der Waals surface area contributed by atoms with Crippen molar-refractivity contribution in [3.05, 3.63) is 84.9 Å². The van der Waals surface area contributed by atoms with Crippen LogP contribution in [-0.2, 0) is 0 Å². The van der Waals surface area contributed by atoms with Crippen LogP contribution in [-0.4, -0.2) is 13.3 Å². The third kappa shape index (κ3) is 3.97. The van der Waals surface area contributed by atoms with Gasteiger partial charge in [0.25, 0.3) is 0 Å². The first kappa shape index (κ1) is 15.7. The lowest BCUT2D eigenvalue weighted by molar-refractivity contribution is 0.273. The largest absolute Gasteiger partial charge is 0.491 e. The summed E-state index contributed by atoms with van der Waals surface area (Å²) in [5.41, 5.74) is 0. The average Bonchev–Trinajstić information content (AvgIpc) is 2.63. The molecule has 0 saturated carbocycles. The Morgan fingerprint density at radius 2 is 1.13 bits per heavy atom. The van der Waals surface area contributed by atoms with Gasteiger partial charge in [-0.1, -0.05) is 72.8 Å². The number of benzene rings is 3. The molecular formula is C20H18FOP. The van der Waals surface area contributed by atoms with Crippen LogP contribution >= 0.6 is 7.92 Å². The SMILES string of the molecule is FCCOc1ccc(P(c2ccccc2)c2ccccc2)cc1. The first-order valence-corrected chi connectivity index (χ1v) is 8.92. The molecule has 1 nitrogen and oxygen atoms in total. The Hall–Kier alpha value is -2.18.